The maximum atomic E-state index is 13.3. The number of aromatic amines is 1. The summed E-state index contributed by atoms with van der Waals surface area (Å²) in [6.07, 6.45) is 5.01. The molecule has 0 atom stereocenters. The summed E-state index contributed by atoms with van der Waals surface area (Å²) < 4.78 is 26.3. The lowest BCUT2D eigenvalue weighted by Crippen LogP contribution is -2.38. The zero-order valence-electron chi connectivity index (χ0n) is 13.5. The molecule has 1 aliphatic rings. The number of imidazole rings is 1. The molecule has 0 saturated carbocycles. The van der Waals surface area contributed by atoms with Gasteiger partial charge in [-0.2, -0.15) is 0 Å². The van der Waals surface area contributed by atoms with E-state index in [1.165, 1.54) is 18.5 Å². The topological polar surface area (TPSA) is 69.7 Å². The number of aromatic nitrogens is 4. The Balaban J connectivity index is 1.35. The number of likely N-dealkylation sites (tertiary alicyclic amines) is 1. The van der Waals surface area contributed by atoms with Crippen LogP contribution in [-0.2, 0) is 6.54 Å². The Morgan fingerprint density at radius 3 is 2.76 bits per heavy atom. The van der Waals surface area contributed by atoms with Crippen LogP contribution in [-0.4, -0.2) is 44.0 Å². The van der Waals surface area contributed by atoms with E-state index >= 15 is 0 Å². The van der Waals surface area contributed by atoms with E-state index in [9.17, 15) is 8.78 Å². The first kappa shape index (κ1) is 15.9. The summed E-state index contributed by atoms with van der Waals surface area (Å²) >= 11 is 0. The van der Waals surface area contributed by atoms with Gasteiger partial charge in [-0.1, -0.05) is 6.07 Å². The predicted octanol–water partition coefficient (Wildman–Crippen LogP) is 2.71. The second-order valence-corrected chi connectivity index (χ2v) is 6.27. The number of nitrogens with zero attached hydrogens (tertiary/aromatic N) is 4. The molecule has 8 heteroatoms. The lowest BCUT2D eigenvalue weighted by Gasteiger charge is -2.32. The minimum Gasteiger partial charge on any atom is -0.365 e. The molecule has 130 valence electrons. The third-order valence-electron chi connectivity index (χ3n) is 4.54. The van der Waals surface area contributed by atoms with Crippen molar-refractivity contribution in [3.63, 3.8) is 0 Å². The van der Waals surface area contributed by atoms with Gasteiger partial charge in [0, 0.05) is 25.7 Å². The van der Waals surface area contributed by atoms with Gasteiger partial charge in [-0.25, -0.2) is 23.7 Å². The Labute approximate surface area is 143 Å². The van der Waals surface area contributed by atoms with Crippen LogP contribution in [0.3, 0.4) is 0 Å². The molecular formula is C17H18F2N6. The monoisotopic (exact) mass is 344 g/mol. The maximum absolute atomic E-state index is 13.3. The lowest BCUT2D eigenvalue weighted by atomic mass is 10.0. The molecule has 6 nitrogen and oxygen atoms in total. The summed E-state index contributed by atoms with van der Waals surface area (Å²) in [5, 5.41) is 3.45. The van der Waals surface area contributed by atoms with E-state index in [0.717, 1.165) is 42.8 Å². The van der Waals surface area contributed by atoms with Crippen molar-refractivity contribution in [2.24, 2.45) is 0 Å². The summed E-state index contributed by atoms with van der Waals surface area (Å²) in [5.74, 6) is -0.829. The molecule has 0 unspecified atom stereocenters. The number of hydrogen-bond donors (Lipinski definition) is 2. The second-order valence-electron chi connectivity index (χ2n) is 6.27. The van der Waals surface area contributed by atoms with Gasteiger partial charge in [-0.15, -0.1) is 0 Å². The van der Waals surface area contributed by atoms with E-state index in [1.54, 1.807) is 12.4 Å². The summed E-state index contributed by atoms with van der Waals surface area (Å²) in [6, 6.07) is 4.40. The molecular weight excluding hydrogens is 326 g/mol. The molecule has 1 fully saturated rings. The normalized spacial score (nSPS) is 16.4. The van der Waals surface area contributed by atoms with E-state index in [4.69, 9.17) is 0 Å². The average Bonchev–Trinajstić information content (AvgIpc) is 3.10. The quantitative estimate of drug-likeness (QED) is 0.762. The zero-order chi connectivity index (χ0) is 17.2. The molecule has 4 rings (SSSR count). The van der Waals surface area contributed by atoms with Crippen LogP contribution in [0.25, 0.3) is 11.2 Å². The van der Waals surface area contributed by atoms with Gasteiger partial charge in [-0.3, -0.25) is 4.90 Å². The molecule has 0 aliphatic carbocycles. The number of nitrogens with one attached hydrogen (secondary N) is 2. The molecule has 2 N–H and O–H groups in total. The van der Waals surface area contributed by atoms with Crippen molar-refractivity contribution in [1.82, 2.24) is 24.8 Å². The Kier molecular flexibility index (Phi) is 4.27. The highest BCUT2D eigenvalue weighted by Gasteiger charge is 2.20. The lowest BCUT2D eigenvalue weighted by molar-refractivity contribution is 0.211. The van der Waals surface area contributed by atoms with Crippen molar-refractivity contribution in [2.45, 2.75) is 25.4 Å². The minimum absolute atomic E-state index is 0.308. The van der Waals surface area contributed by atoms with Crippen molar-refractivity contribution in [1.29, 1.82) is 0 Å². The average molecular weight is 344 g/mol. The van der Waals surface area contributed by atoms with Crippen LogP contribution in [0.2, 0.25) is 0 Å². The number of piperidine rings is 1. The summed E-state index contributed by atoms with van der Waals surface area (Å²) in [5.41, 5.74) is 2.25. The van der Waals surface area contributed by atoms with E-state index in [2.05, 4.69) is 30.2 Å². The van der Waals surface area contributed by atoms with Crippen LogP contribution in [0, 0.1) is 11.6 Å². The molecule has 3 heterocycles. The molecule has 2 aromatic heterocycles. The van der Waals surface area contributed by atoms with Crippen LogP contribution in [0.5, 0.6) is 0 Å². The number of fused-ring (bicyclic) bond motifs is 1. The molecule has 25 heavy (non-hydrogen) atoms. The molecule has 0 radical (unpaired) electrons. The number of benzene rings is 1. The van der Waals surface area contributed by atoms with Gasteiger partial charge >= 0.3 is 0 Å². The van der Waals surface area contributed by atoms with Gasteiger partial charge in [0.25, 0.3) is 0 Å². The third kappa shape index (κ3) is 3.43. The highest BCUT2D eigenvalue weighted by molar-refractivity contribution is 5.82. The van der Waals surface area contributed by atoms with Gasteiger partial charge in [0.1, 0.15) is 11.8 Å². The largest absolute Gasteiger partial charge is 0.365 e. The molecule has 0 spiro atoms. The first-order chi connectivity index (χ1) is 12.2. The first-order valence-electron chi connectivity index (χ1n) is 8.26. The fraction of sp³-hybridized carbons (Fsp3) is 0.353. The number of halogens is 2. The molecule has 1 aromatic carbocycles. The highest BCUT2D eigenvalue weighted by atomic mass is 19.2. The third-order valence-corrected chi connectivity index (χ3v) is 4.54. The minimum atomic E-state index is -0.804. The number of anilines is 1. The molecule has 0 amide bonds. The fourth-order valence-electron chi connectivity index (χ4n) is 3.20. The zero-order valence-corrected chi connectivity index (χ0v) is 13.5. The van der Waals surface area contributed by atoms with Crippen molar-refractivity contribution < 1.29 is 8.78 Å². The van der Waals surface area contributed by atoms with Crippen LogP contribution in [0.4, 0.5) is 14.6 Å². The first-order valence-corrected chi connectivity index (χ1v) is 8.26. The Morgan fingerprint density at radius 1 is 1.12 bits per heavy atom. The number of H-pyrrole nitrogens is 1. The maximum Gasteiger partial charge on any atom is 0.182 e. The Morgan fingerprint density at radius 2 is 1.96 bits per heavy atom. The molecule has 1 saturated heterocycles. The summed E-state index contributed by atoms with van der Waals surface area (Å²) in [7, 11) is 0. The van der Waals surface area contributed by atoms with Crippen LogP contribution >= 0.6 is 0 Å². The van der Waals surface area contributed by atoms with Crippen molar-refractivity contribution >= 4 is 17.0 Å². The van der Waals surface area contributed by atoms with Crippen LogP contribution < -0.4 is 5.32 Å². The van der Waals surface area contributed by atoms with Gasteiger partial charge in [-0.05, 0) is 30.5 Å². The second kappa shape index (κ2) is 6.72. The fourth-order valence-corrected chi connectivity index (χ4v) is 3.20. The van der Waals surface area contributed by atoms with Crippen molar-refractivity contribution in [3.8, 4) is 0 Å². The van der Waals surface area contributed by atoms with Gasteiger partial charge in [0.2, 0.25) is 0 Å². The predicted molar refractivity (Wildman–Crippen MR) is 90.0 cm³/mol. The van der Waals surface area contributed by atoms with E-state index in [0.29, 0.717) is 18.2 Å². The van der Waals surface area contributed by atoms with Gasteiger partial charge < -0.3 is 10.3 Å². The van der Waals surface area contributed by atoms with Crippen molar-refractivity contribution in [3.05, 3.63) is 48.1 Å². The summed E-state index contributed by atoms with van der Waals surface area (Å²) in [6.45, 7) is 2.39. The van der Waals surface area contributed by atoms with Crippen LogP contribution in [0.1, 0.15) is 18.4 Å². The summed E-state index contributed by atoms with van der Waals surface area (Å²) in [4.78, 5) is 17.8. The van der Waals surface area contributed by atoms with Gasteiger partial charge in [0.05, 0.1) is 6.33 Å². The van der Waals surface area contributed by atoms with Crippen molar-refractivity contribution in [2.75, 3.05) is 18.4 Å². The van der Waals surface area contributed by atoms with Gasteiger partial charge in [0.15, 0.2) is 23.1 Å². The SMILES string of the molecule is Fc1ccc(CN2CCC(Nc3ncnc4nc[nH]c34)CC2)cc1F. The van der Waals surface area contributed by atoms with E-state index in [-0.39, 0.29) is 0 Å². The van der Waals surface area contributed by atoms with Crippen LogP contribution in [0.15, 0.2) is 30.9 Å². The number of hydrogen-bond acceptors (Lipinski definition) is 5. The van der Waals surface area contributed by atoms with E-state index < -0.39 is 11.6 Å². The molecule has 3 aromatic rings. The highest BCUT2D eigenvalue weighted by Crippen LogP contribution is 2.21. The molecule has 1 aliphatic heterocycles. The Hall–Kier alpha value is -2.61. The Bertz CT molecular complexity index is 872. The molecule has 0 bridgehead atoms. The van der Waals surface area contributed by atoms with E-state index in [1.807, 2.05) is 0 Å². The standard InChI is InChI=1S/C17H18F2N6/c18-13-2-1-11(7-14(13)19)8-25-5-3-12(4-6-25)24-17-15-16(21-9-20-15)22-10-23-17/h1-2,7,9-10,12H,3-6,8H2,(H2,20,21,22,23,24). The number of rotatable bonds is 4. The smallest absolute Gasteiger partial charge is 0.182 e.